The zero-order chi connectivity index (χ0) is 9.30. The largest absolute Gasteiger partial charge is 0.396 e. The molecule has 3 nitrogen and oxygen atoms in total. The molecule has 0 saturated heterocycles. The number of hydrogen-bond acceptors (Lipinski definition) is 3. The minimum Gasteiger partial charge on any atom is -0.396 e. The molecule has 1 aromatic rings. The molecule has 0 unspecified atom stereocenters. The van der Waals surface area contributed by atoms with Crippen molar-refractivity contribution in [2.24, 2.45) is 0 Å². The predicted octanol–water partition coefficient (Wildman–Crippen LogP) is 2.50. The van der Waals surface area contributed by atoms with Crippen LogP contribution in [0.5, 0.6) is 0 Å². The SMILES string of the molecule is N#C[14c]1n[14c](Cl)c(Cl)c(N)c1Cl. The monoisotopic (exact) mass is 225 g/mol. The Morgan fingerprint density at radius 2 is 2.00 bits per heavy atom. The third-order valence-corrected chi connectivity index (χ3v) is 2.31. The van der Waals surface area contributed by atoms with Crippen LogP contribution in [0.4, 0.5) is 5.69 Å². The number of nitrogens with two attached hydrogens (primary N) is 1. The van der Waals surface area contributed by atoms with Crippen molar-refractivity contribution in [3.63, 3.8) is 0 Å². The Hall–Kier alpha value is -0.690. The van der Waals surface area contributed by atoms with Crippen molar-refractivity contribution < 1.29 is 0 Å². The molecule has 0 fully saturated rings. The van der Waals surface area contributed by atoms with Crippen LogP contribution >= 0.6 is 34.8 Å². The number of nitrogens with zero attached hydrogens (tertiary/aromatic N) is 2. The molecule has 1 aromatic heterocycles. The maximum Gasteiger partial charge on any atom is 0.163 e. The van der Waals surface area contributed by atoms with Crippen LogP contribution in [0.3, 0.4) is 0 Å². The summed E-state index contributed by atoms with van der Waals surface area (Å²) in [6.07, 6.45) is 0. The lowest BCUT2D eigenvalue weighted by Crippen LogP contribution is -1.95. The van der Waals surface area contributed by atoms with Gasteiger partial charge in [-0.05, 0) is 0 Å². The number of anilines is 1. The molecule has 0 amide bonds. The zero-order valence-corrected chi connectivity index (χ0v) is 7.87. The molecule has 12 heavy (non-hydrogen) atoms. The summed E-state index contributed by atoms with van der Waals surface area (Å²) in [6.45, 7) is 0. The fourth-order valence-corrected chi connectivity index (χ4v) is 1.16. The second-order valence-electron chi connectivity index (χ2n) is 1.90. The van der Waals surface area contributed by atoms with Gasteiger partial charge in [-0.1, -0.05) is 34.8 Å². The molecule has 1 heterocycles. The van der Waals surface area contributed by atoms with Gasteiger partial charge in [-0.15, -0.1) is 0 Å². The van der Waals surface area contributed by atoms with E-state index in [1.165, 1.54) is 0 Å². The van der Waals surface area contributed by atoms with Crippen LogP contribution in [0.2, 0.25) is 15.2 Å². The summed E-state index contributed by atoms with van der Waals surface area (Å²) in [4.78, 5) is 3.61. The van der Waals surface area contributed by atoms with Gasteiger partial charge in [0.1, 0.15) is 16.1 Å². The average Bonchev–Trinajstić information content (AvgIpc) is 2.08. The van der Waals surface area contributed by atoms with Crippen molar-refractivity contribution >= 4 is 40.5 Å². The summed E-state index contributed by atoms with van der Waals surface area (Å²) >= 11 is 16.8. The van der Waals surface area contributed by atoms with E-state index in [1.54, 1.807) is 6.07 Å². The summed E-state index contributed by atoms with van der Waals surface area (Å²) < 4.78 is 0. The summed E-state index contributed by atoms with van der Waals surface area (Å²) in [5.74, 6) is 0. The van der Waals surface area contributed by atoms with E-state index < -0.39 is 0 Å². The Kier molecular flexibility index (Phi) is 2.63. The smallest absolute Gasteiger partial charge is 0.163 e. The molecule has 62 valence electrons. The van der Waals surface area contributed by atoms with Crippen molar-refractivity contribution in [1.29, 1.82) is 5.26 Å². The van der Waals surface area contributed by atoms with Gasteiger partial charge >= 0.3 is 0 Å². The molecule has 1 rings (SSSR count). The van der Waals surface area contributed by atoms with Gasteiger partial charge in [-0.25, -0.2) is 4.98 Å². The molecule has 0 radical (unpaired) electrons. The van der Waals surface area contributed by atoms with Gasteiger partial charge in [0.2, 0.25) is 0 Å². The van der Waals surface area contributed by atoms with Crippen molar-refractivity contribution in [3.05, 3.63) is 20.9 Å². The van der Waals surface area contributed by atoms with E-state index in [-0.39, 0.29) is 26.6 Å². The summed E-state index contributed by atoms with van der Waals surface area (Å²) in [5.41, 5.74) is 5.47. The highest BCUT2D eigenvalue weighted by atomic mass is 35.5. The number of hydrogen-bond donors (Lipinski definition) is 1. The highest BCUT2D eigenvalue weighted by molar-refractivity contribution is 6.45. The Labute approximate surface area is 83.7 Å². The molecule has 2 N–H and O–H groups in total. The standard InChI is InChI=1S/C6H2Cl3N3/c7-3-2(1-10)12-6(9)4(8)5(3)11/h(H2,11,12)/i2+2,6+2. The van der Waals surface area contributed by atoms with E-state index in [1.807, 2.05) is 0 Å². The van der Waals surface area contributed by atoms with Gasteiger partial charge in [0.15, 0.2) is 10.8 Å². The fourth-order valence-electron chi connectivity index (χ4n) is 0.605. The van der Waals surface area contributed by atoms with Crippen LogP contribution in [0.25, 0.3) is 0 Å². The topological polar surface area (TPSA) is 62.7 Å². The normalized spacial score (nSPS) is 9.50. The number of rotatable bonds is 0. The van der Waals surface area contributed by atoms with Gasteiger partial charge in [-0.3, -0.25) is 0 Å². The third-order valence-electron chi connectivity index (χ3n) is 1.18. The Bertz CT molecular complexity index is 369. The highest BCUT2D eigenvalue weighted by Gasteiger charge is 2.12. The number of halogens is 3. The lowest BCUT2D eigenvalue weighted by Gasteiger charge is -2.02. The first-order valence-electron chi connectivity index (χ1n) is 2.78. The predicted molar refractivity (Wildman–Crippen MR) is 48.4 cm³/mol. The van der Waals surface area contributed by atoms with E-state index in [9.17, 15) is 0 Å². The Morgan fingerprint density at radius 3 is 2.50 bits per heavy atom. The van der Waals surface area contributed by atoms with Crippen LogP contribution in [0, 0.1) is 11.3 Å². The molecule has 0 aliphatic rings. The Balaban J connectivity index is 3.52. The van der Waals surface area contributed by atoms with Gasteiger partial charge in [0, 0.05) is 0 Å². The maximum absolute atomic E-state index is 8.50. The van der Waals surface area contributed by atoms with E-state index in [0.717, 1.165) is 0 Å². The summed E-state index contributed by atoms with van der Waals surface area (Å²) in [6, 6.07) is 1.74. The first-order chi connectivity index (χ1) is 5.57. The lowest BCUT2D eigenvalue weighted by molar-refractivity contribution is 1.27. The number of nitrogen functional groups attached to an aromatic ring is 1. The quantitative estimate of drug-likeness (QED) is 0.691. The third kappa shape index (κ3) is 1.42. The molecule has 0 spiro atoms. The Morgan fingerprint density at radius 1 is 1.42 bits per heavy atom. The maximum atomic E-state index is 8.50. The van der Waals surface area contributed by atoms with Crippen molar-refractivity contribution in [1.82, 2.24) is 4.98 Å². The summed E-state index contributed by atoms with van der Waals surface area (Å²) in [7, 11) is 0. The molecule has 0 aromatic carbocycles. The molecular weight excluding hydrogens is 224 g/mol. The molecular formula is C6H2Cl3N3. The molecule has 0 atom stereocenters. The van der Waals surface area contributed by atoms with Gasteiger partial charge in [0.05, 0.1) is 5.69 Å². The summed E-state index contributed by atoms with van der Waals surface area (Å²) in [5, 5.41) is 8.59. The molecule has 0 saturated carbocycles. The number of aromatic nitrogens is 1. The highest BCUT2D eigenvalue weighted by Crippen LogP contribution is 2.33. The number of pyridine rings is 1. The second kappa shape index (κ2) is 3.36. The molecule has 0 bridgehead atoms. The lowest BCUT2D eigenvalue weighted by atomic mass is 10.6. The van der Waals surface area contributed by atoms with Gasteiger partial charge in [0.25, 0.3) is 0 Å². The van der Waals surface area contributed by atoms with Crippen LogP contribution in [-0.4, -0.2) is 4.98 Å². The molecule has 0 aliphatic heterocycles. The number of nitriles is 1. The van der Waals surface area contributed by atoms with E-state index >= 15 is 0 Å². The molecule has 6 heteroatoms. The van der Waals surface area contributed by atoms with Crippen LogP contribution < -0.4 is 5.73 Å². The van der Waals surface area contributed by atoms with Gasteiger partial charge < -0.3 is 5.73 Å². The minimum absolute atomic E-state index is 0.0184. The fraction of sp³-hybridized carbons (Fsp3) is 0. The zero-order valence-electron chi connectivity index (χ0n) is 5.61. The van der Waals surface area contributed by atoms with Gasteiger partial charge in [-0.2, -0.15) is 5.26 Å². The van der Waals surface area contributed by atoms with Crippen molar-refractivity contribution in [2.75, 3.05) is 5.73 Å². The van der Waals surface area contributed by atoms with Crippen molar-refractivity contribution in [3.8, 4) is 6.07 Å². The van der Waals surface area contributed by atoms with E-state index in [2.05, 4.69) is 4.98 Å². The average molecular weight is 226 g/mol. The minimum atomic E-state index is -0.0245. The molecule has 0 aliphatic carbocycles. The van der Waals surface area contributed by atoms with Crippen LogP contribution in [0.15, 0.2) is 0 Å². The first-order valence-corrected chi connectivity index (χ1v) is 3.91. The van der Waals surface area contributed by atoms with E-state index in [0.29, 0.717) is 0 Å². The first kappa shape index (κ1) is 9.40. The van der Waals surface area contributed by atoms with Crippen LogP contribution in [0.1, 0.15) is 5.69 Å². The second-order valence-corrected chi connectivity index (χ2v) is 3.02. The van der Waals surface area contributed by atoms with Crippen molar-refractivity contribution in [2.45, 2.75) is 0 Å². The van der Waals surface area contributed by atoms with Crippen LogP contribution in [-0.2, 0) is 0 Å². The van der Waals surface area contributed by atoms with E-state index in [4.69, 9.17) is 45.8 Å².